The lowest BCUT2D eigenvalue weighted by molar-refractivity contribution is -0.118. The predicted molar refractivity (Wildman–Crippen MR) is 112 cm³/mol. The summed E-state index contributed by atoms with van der Waals surface area (Å²) in [6.07, 6.45) is 9.64. The molecule has 0 aromatic heterocycles. The molecular formula is C24H25NO2. The van der Waals surface area contributed by atoms with Crippen molar-refractivity contribution in [3.8, 4) is 5.75 Å². The van der Waals surface area contributed by atoms with E-state index in [-0.39, 0.29) is 5.91 Å². The Morgan fingerprint density at radius 3 is 2.63 bits per heavy atom. The molecule has 0 saturated carbocycles. The van der Waals surface area contributed by atoms with Gasteiger partial charge in [0.1, 0.15) is 12.4 Å². The van der Waals surface area contributed by atoms with Crippen LogP contribution in [0.3, 0.4) is 0 Å². The van der Waals surface area contributed by atoms with Crippen LogP contribution in [0.1, 0.15) is 23.1 Å². The number of hydrogen-bond acceptors (Lipinski definition) is 2. The lowest BCUT2D eigenvalue weighted by Crippen LogP contribution is -2.35. The number of hydrogen-bond donors (Lipinski definition) is 0. The van der Waals surface area contributed by atoms with Crippen LogP contribution in [-0.2, 0) is 17.6 Å². The summed E-state index contributed by atoms with van der Waals surface area (Å²) in [5.41, 5.74) is 4.29. The van der Waals surface area contributed by atoms with E-state index in [4.69, 9.17) is 4.74 Å². The van der Waals surface area contributed by atoms with Crippen molar-refractivity contribution >= 4 is 17.7 Å². The van der Waals surface area contributed by atoms with Gasteiger partial charge in [-0.3, -0.25) is 4.79 Å². The number of allylic oxidation sites excluding steroid dienone is 1. The van der Waals surface area contributed by atoms with E-state index in [2.05, 4.69) is 25.3 Å². The Morgan fingerprint density at radius 2 is 1.89 bits per heavy atom. The smallest absolute Gasteiger partial charge is 0.227 e. The molecule has 1 aliphatic rings. The van der Waals surface area contributed by atoms with Crippen LogP contribution in [0.4, 0.5) is 5.69 Å². The van der Waals surface area contributed by atoms with Crippen LogP contribution in [0.5, 0.6) is 5.75 Å². The second kappa shape index (κ2) is 9.04. The number of aryl methyl sites for hydroxylation is 1. The summed E-state index contributed by atoms with van der Waals surface area (Å²) < 4.78 is 5.82. The van der Waals surface area contributed by atoms with Gasteiger partial charge in [0, 0.05) is 18.7 Å². The number of ether oxygens (including phenoxy) is 1. The minimum atomic E-state index is 0.157. The summed E-state index contributed by atoms with van der Waals surface area (Å²) >= 11 is 0. The molecule has 0 saturated heterocycles. The molecule has 2 aromatic rings. The third-order valence-corrected chi connectivity index (χ3v) is 4.58. The molecule has 0 atom stereocenters. The lowest BCUT2D eigenvalue weighted by Gasteiger charge is -2.30. The van der Waals surface area contributed by atoms with Crippen molar-refractivity contribution in [2.24, 2.45) is 0 Å². The molecule has 3 rings (SSSR count). The molecular weight excluding hydrogens is 334 g/mol. The Kier molecular flexibility index (Phi) is 6.26. The van der Waals surface area contributed by atoms with Crippen molar-refractivity contribution in [3.63, 3.8) is 0 Å². The Morgan fingerprint density at radius 1 is 1.07 bits per heavy atom. The van der Waals surface area contributed by atoms with Crippen molar-refractivity contribution in [1.29, 1.82) is 0 Å². The molecule has 0 unspecified atom stereocenters. The molecule has 1 aliphatic heterocycles. The number of amides is 1. The van der Waals surface area contributed by atoms with Crippen LogP contribution < -0.4 is 9.64 Å². The summed E-state index contributed by atoms with van der Waals surface area (Å²) in [4.78, 5) is 14.4. The molecule has 1 heterocycles. The summed E-state index contributed by atoms with van der Waals surface area (Å²) in [5.74, 6) is 1.01. The zero-order valence-electron chi connectivity index (χ0n) is 15.6. The molecule has 1 amide bonds. The number of fused-ring (bicyclic) bond motifs is 1. The first-order valence-corrected chi connectivity index (χ1v) is 9.25. The summed E-state index contributed by atoms with van der Waals surface area (Å²) in [6, 6.07) is 14.2. The average Bonchev–Trinajstić information content (AvgIpc) is 2.69. The maximum absolute atomic E-state index is 12.6. The van der Waals surface area contributed by atoms with Gasteiger partial charge < -0.3 is 9.64 Å². The van der Waals surface area contributed by atoms with Gasteiger partial charge in [0.05, 0.1) is 0 Å². The Balaban J connectivity index is 1.87. The van der Waals surface area contributed by atoms with Crippen molar-refractivity contribution in [3.05, 3.63) is 90.5 Å². The molecule has 3 nitrogen and oxygen atoms in total. The van der Waals surface area contributed by atoms with E-state index in [0.29, 0.717) is 26.0 Å². The highest BCUT2D eigenvalue weighted by molar-refractivity contribution is 5.97. The number of anilines is 1. The number of rotatable bonds is 8. The fraction of sp³-hybridized carbons (Fsp3) is 0.208. The van der Waals surface area contributed by atoms with Gasteiger partial charge in [0.2, 0.25) is 5.91 Å². The summed E-state index contributed by atoms with van der Waals surface area (Å²) in [5, 5.41) is 0. The van der Waals surface area contributed by atoms with E-state index in [1.165, 1.54) is 0 Å². The van der Waals surface area contributed by atoms with Crippen molar-refractivity contribution in [2.75, 3.05) is 18.1 Å². The topological polar surface area (TPSA) is 29.5 Å². The first-order valence-electron chi connectivity index (χ1n) is 9.25. The van der Waals surface area contributed by atoms with Gasteiger partial charge in [-0.1, -0.05) is 61.2 Å². The van der Waals surface area contributed by atoms with Gasteiger partial charge in [-0.15, -0.1) is 6.58 Å². The number of carbonyl (C=O) groups is 1. The summed E-state index contributed by atoms with van der Waals surface area (Å²) in [7, 11) is 0. The fourth-order valence-electron chi connectivity index (χ4n) is 3.27. The van der Waals surface area contributed by atoms with Gasteiger partial charge in [-0.25, -0.2) is 0 Å². The third kappa shape index (κ3) is 4.56. The molecule has 0 N–H and O–H groups in total. The highest BCUT2D eigenvalue weighted by atomic mass is 16.5. The lowest BCUT2D eigenvalue weighted by atomic mass is 9.97. The maximum atomic E-state index is 12.6. The average molecular weight is 359 g/mol. The molecule has 0 spiro atoms. The molecule has 138 valence electrons. The van der Waals surface area contributed by atoms with E-state index in [1.54, 1.807) is 6.08 Å². The van der Waals surface area contributed by atoms with Gasteiger partial charge in [0.15, 0.2) is 0 Å². The van der Waals surface area contributed by atoms with Gasteiger partial charge in [-0.05, 0) is 41.7 Å². The van der Waals surface area contributed by atoms with Crippen molar-refractivity contribution < 1.29 is 9.53 Å². The van der Waals surface area contributed by atoms with Crippen molar-refractivity contribution in [1.82, 2.24) is 0 Å². The van der Waals surface area contributed by atoms with Gasteiger partial charge in [0.25, 0.3) is 0 Å². The number of nitrogens with zero attached hydrogens (tertiary/aromatic N) is 1. The van der Waals surface area contributed by atoms with Gasteiger partial charge in [-0.2, -0.15) is 0 Å². The summed E-state index contributed by atoms with van der Waals surface area (Å²) in [6.45, 7) is 8.57. The molecule has 0 bridgehead atoms. The zero-order valence-corrected chi connectivity index (χ0v) is 15.6. The minimum absolute atomic E-state index is 0.157. The number of carbonyl (C=O) groups excluding carboxylic acids is 1. The molecule has 27 heavy (non-hydrogen) atoms. The van der Waals surface area contributed by atoms with E-state index < -0.39 is 0 Å². The first kappa shape index (κ1) is 18.7. The fourth-order valence-corrected chi connectivity index (χ4v) is 3.27. The van der Waals surface area contributed by atoms with E-state index >= 15 is 0 Å². The van der Waals surface area contributed by atoms with Crippen LogP contribution in [0.25, 0.3) is 6.08 Å². The van der Waals surface area contributed by atoms with E-state index in [9.17, 15) is 4.79 Å². The SMILES string of the molecule is C=CCOc1cc2c(cc1CC=C)N(C/C=C/c1ccccc1)C(=O)CC2. The van der Waals surface area contributed by atoms with Gasteiger partial charge >= 0.3 is 0 Å². The van der Waals surface area contributed by atoms with Crippen LogP contribution in [0.2, 0.25) is 0 Å². The minimum Gasteiger partial charge on any atom is -0.489 e. The van der Waals surface area contributed by atoms with E-state index in [0.717, 1.165) is 34.5 Å². The highest BCUT2D eigenvalue weighted by Crippen LogP contribution is 2.34. The Hall–Kier alpha value is -3.07. The molecule has 3 heteroatoms. The zero-order chi connectivity index (χ0) is 19.1. The molecule has 0 radical (unpaired) electrons. The molecule has 2 aromatic carbocycles. The second-order valence-corrected chi connectivity index (χ2v) is 6.50. The second-order valence-electron chi connectivity index (χ2n) is 6.50. The van der Waals surface area contributed by atoms with Crippen LogP contribution in [0, 0.1) is 0 Å². The maximum Gasteiger partial charge on any atom is 0.227 e. The van der Waals surface area contributed by atoms with Crippen LogP contribution >= 0.6 is 0 Å². The number of benzene rings is 2. The predicted octanol–water partition coefficient (Wildman–Crippen LogP) is 4.97. The monoisotopic (exact) mass is 359 g/mol. The first-order chi connectivity index (χ1) is 13.2. The normalized spacial score (nSPS) is 13.5. The third-order valence-electron chi connectivity index (χ3n) is 4.58. The largest absolute Gasteiger partial charge is 0.489 e. The Bertz CT molecular complexity index is 852. The van der Waals surface area contributed by atoms with Crippen LogP contribution in [-0.4, -0.2) is 19.1 Å². The Labute approximate surface area is 161 Å². The van der Waals surface area contributed by atoms with E-state index in [1.807, 2.05) is 53.5 Å². The van der Waals surface area contributed by atoms with Crippen LogP contribution in [0.15, 0.2) is 73.9 Å². The quantitative estimate of drug-likeness (QED) is 0.623. The standard InChI is InChI=1S/C24H25NO2/c1-3-9-21-17-22-20(18-23(21)27-16-4-2)13-14-24(26)25(22)15-8-12-19-10-6-5-7-11-19/h3-8,10-12,17-18H,1-2,9,13-16H2/b12-8+. The van der Waals surface area contributed by atoms with Crippen molar-refractivity contribution in [2.45, 2.75) is 19.3 Å². The molecule has 0 aliphatic carbocycles. The molecule has 0 fully saturated rings. The highest BCUT2D eigenvalue weighted by Gasteiger charge is 2.25.